The first-order valence-electron chi connectivity index (χ1n) is 9.24. The summed E-state index contributed by atoms with van der Waals surface area (Å²) in [5.74, 6) is -0.867. The van der Waals surface area contributed by atoms with Gasteiger partial charge in [0.1, 0.15) is 17.3 Å². The number of aryl methyl sites for hydroxylation is 1. The molecule has 0 saturated carbocycles. The molecule has 4 rings (SSSR count). The van der Waals surface area contributed by atoms with E-state index in [-0.39, 0.29) is 10.7 Å². The molecule has 1 aliphatic heterocycles. The summed E-state index contributed by atoms with van der Waals surface area (Å²) < 4.78 is 5.66. The highest BCUT2D eigenvalue weighted by molar-refractivity contribution is 7.22. The number of ether oxygens (including phenoxy) is 1. The lowest BCUT2D eigenvalue weighted by atomic mass is 10.1. The fraction of sp³-hybridized carbons (Fsp3) is 0.316. The number of nitrogens with zero attached hydrogens (tertiary/aromatic N) is 2. The van der Waals surface area contributed by atoms with Gasteiger partial charge in [-0.15, -0.1) is 0 Å². The standard InChI is InChI=1S/C19H19Cl2N5O3S/c1-8-13(20)14(21)16(23-8)17(27)25-19-24-15-11(26-4-3-10(22)7-26)5-9(18(28)29-2)6-12(15)30-19/h5-6,10,23H,3-4,7,22H2,1-2H3,(H,24,25,27)/p+1. The molecule has 1 unspecified atom stereocenters. The maximum absolute atomic E-state index is 12.7. The maximum Gasteiger partial charge on any atom is 0.337 e. The van der Waals surface area contributed by atoms with Crippen molar-refractivity contribution >= 4 is 67.5 Å². The number of hydrogen-bond acceptors (Lipinski definition) is 6. The molecule has 158 valence electrons. The number of thiazole rings is 1. The number of methoxy groups -OCH3 is 1. The van der Waals surface area contributed by atoms with Crippen LogP contribution >= 0.6 is 34.5 Å². The van der Waals surface area contributed by atoms with E-state index in [2.05, 4.69) is 25.9 Å². The summed E-state index contributed by atoms with van der Waals surface area (Å²) in [6.45, 7) is 3.33. The van der Waals surface area contributed by atoms with E-state index in [4.69, 9.17) is 27.9 Å². The Morgan fingerprint density at radius 2 is 2.13 bits per heavy atom. The topological polar surface area (TPSA) is 115 Å². The van der Waals surface area contributed by atoms with Crippen LogP contribution in [0, 0.1) is 6.92 Å². The molecule has 1 fully saturated rings. The number of anilines is 2. The Hall–Kier alpha value is -2.33. The zero-order chi connectivity index (χ0) is 21.6. The summed E-state index contributed by atoms with van der Waals surface area (Å²) >= 11 is 13.5. The highest BCUT2D eigenvalue weighted by Crippen LogP contribution is 2.36. The van der Waals surface area contributed by atoms with E-state index in [9.17, 15) is 9.59 Å². The Kier molecular flexibility index (Phi) is 5.63. The molecule has 0 aliphatic carbocycles. The van der Waals surface area contributed by atoms with Gasteiger partial charge < -0.3 is 20.4 Å². The van der Waals surface area contributed by atoms with Crippen molar-refractivity contribution < 1.29 is 20.1 Å². The summed E-state index contributed by atoms with van der Waals surface area (Å²) in [4.78, 5) is 34.5. The Morgan fingerprint density at radius 3 is 2.73 bits per heavy atom. The van der Waals surface area contributed by atoms with Gasteiger partial charge in [0.2, 0.25) is 0 Å². The Labute approximate surface area is 186 Å². The van der Waals surface area contributed by atoms with Crippen LogP contribution in [-0.4, -0.2) is 48.1 Å². The first-order valence-corrected chi connectivity index (χ1v) is 10.8. The van der Waals surface area contributed by atoms with Crippen LogP contribution < -0.4 is 16.0 Å². The lowest BCUT2D eigenvalue weighted by Gasteiger charge is -2.18. The van der Waals surface area contributed by atoms with Crippen LogP contribution in [0.5, 0.6) is 0 Å². The van der Waals surface area contributed by atoms with Gasteiger partial charge in [0.05, 0.1) is 39.7 Å². The summed E-state index contributed by atoms with van der Waals surface area (Å²) in [6, 6.07) is 3.81. The van der Waals surface area contributed by atoms with Gasteiger partial charge in [0.15, 0.2) is 5.13 Å². The van der Waals surface area contributed by atoms with Crippen molar-refractivity contribution in [2.75, 3.05) is 30.4 Å². The molecule has 1 aromatic carbocycles. The Balaban J connectivity index is 1.72. The zero-order valence-electron chi connectivity index (χ0n) is 16.3. The van der Waals surface area contributed by atoms with Gasteiger partial charge in [0, 0.05) is 18.7 Å². The van der Waals surface area contributed by atoms with Gasteiger partial charge in [-0.2, -0.15) is 0 Å². The molecule has 1 saturated heterocycles. The van der Waals surface area contributed by atoms with Crippen molar-refractivity contribution in [3.63, 3.8) is 0 Å². The molecular formula is C19H20Cl2N5O3S+. The molecule has 3 aromatic rings. The summed E-state index contributed by atoms with van der Waals surface area (Å²) in [5.41, 5.74) is 6.88. The van der Waals surface area contributed by atoms with E-state index in [1.807, 2.05) is 0 Å². The number of quaternary nitrogens is 1. The fourth-order valence-electron chi connectivity index (χ4n) is 3.48. The van der Waals surface area contributed by atoms with Crippen LogP contribution in [0.4, 0.5) is 10.8 Å². The number of H-pyrrole nitrogens is 1. The van der Waals surface area contributed by atoms with Gasteiger partial charge in [0.25, 0.3) is 5.91 Å². The van der Waals surface area contributed by atoms with Crippen molar-refractivity contribution in [2.45, 2.75) is 19.4 Å². The number of carbonyl (C=O) groups is 2. The third-order valence-corrected chi connectivity index (χ3v) is 6.89. The number of carbonyl (C=O) groups excluding carboxylic acids is 2. The highest BCUT2D eigenvalue weighted by Gasteiger charge is 2.26. The van der Waals surface area contributed by atoms with E-state index in [1.165, 1.54) is 18.4 Å². The Bertz CT molecular complexity index is 1160. The number of halogens is 2. The first kappa shape index (κ1) is 20.9. The maximum atomic E-state index is 12.7. The van der Waals surface area contributed by atoms with Gasteiger partial charge in [-0.1, -0.05) is 34.5 Å². The molecule has 2 aromatic heterocycles. The molecule has 0 radical (unpaired) electrons. The molecule has 0 spiro atoms. The van der Waals surface area contributed by atoms with Gasteiger partial charge in [-0.3, -0.25) is 10.1 Å². The average Bonchev–Trinajstić information content (AvgIpc) is 3.40. The SMILES string of the molecule is COC(=O)c1cc(N2CCC([NH3+])C2)c2nc(NC(=O)c3[nH]c(C)c(Cl)c3Cl)sc2c1. The van der Waals surface area contributed by atoms with E-state index in [0.29, 0.717) is 33.0 Å². The Morgan fingerprint density at radius 1 is 1.37 bits per heavy atom. The van der Waals surface area contributed by atoms with Crippen molar-refractivity contribution in [1.29, 1.82) is 0 Å². The minimum Gasteiger partial charge on any atom is -0.465 e. The minimum absolute atomic E-state index is 0.167. The molecule has 1 aliphatic rings. The predicted octanol–water partition coefficient (Wildman–Crippen LogP) is 3.10. The fourth-order valence-corrected chi connectivity index (χ4v) is 4.82. The van der Waals surface area contributed by atoms with Crippen LogP contribution in [0.25, 0.3) is 10.2 Å². The van der Waals surface area contributed by atoms with Crippen LogP contribution in [0.3, 0.4) is 0 Å². The molecular weight excluding hydrogens is 449 g/mol. The number of fused-ring (bicyclic) bond motifs is 1. The third kappa shape index (κ3) is 3.74. The number of esters is 1. The van der Waals surface area contributed by atoms with E-state index in [0.717, 1.165) is 29.9 Å². The van der Waals surface area contributed by atoms with Gasteiger partial charge in [-0.05, 0) is 19.1 Å². The average molecular weight is 469 g/mol. The van der Waals surface area contributed by atoms with Crippen molar-refractivity contribution in [1.82, 2.24) is 9.97 Å². The molecule has 3 heterocycles. The number of amides is 1. The summed E-state index contributed by atoms with van der Waals surface area (Å²) in [6.07, 6.45) is 0.961. The third-order valence-electron chi connectivity index (χ3n) is 5.02. The number of aromatic amines is 1. The second kappa shape index (κ2) is 8.07. The quantitative estimate of drug-likeness (QED) is 0.508. The number of nitrogens with one attached hydrogen (secondary N) is 2. The molecule has 0 bridgehead atoms. The number of aromatic nitrogens is 2. The normalized spacial score (nSPS) is 16.3. The van der Waals surface area contributed by atoms with Crippen LogP contribution in [0.15, 0.2) is 12.1 Å². The van der Waals surface area contributed by atoms with Crippen LogP contribution in [-0.2, 0) is 4.74 Å². The molecule has 1 amide bonds. The molecule has 1 atom stereocenters. The lowest BCUT2D eigenvalue weighted by Crippen LogP contribution is -2.61. The highest BCUT2D eigenvalue weighted by atomic mass is 35.5. The monoisotopic (exact) mass is 468 g/mol. The minimum atomic E-state index is -0.442. The van der Waals surface area contributed by atoms with Gasteiger partial charge >= 0.3 is 5.97 Å². The van der Waals surface area contributed by atoms with E-state index >= 15 is 0 Å². The lowest BCUT2D eigenvalue weighted by molar-refractivity contribution is -0.412. The second-order valence-electron chi connectivity index (χ2n) is 7.16. The van der Waals surface area contributed by atoms with Crippen molar-refractivity contribution in [3.8, 4) is 0 Å². The first-order chi connectivity index (χ1) is 14.3. The van der Waals surface area contributed by atoms with Gasteiger partial charge in [-0.25, -0.2) is 9.78 Å². The number of hydrogen-bond donors (Lipinski definition) is 3. The number of benzene rings is 1. The van der Waals surface area contributed by atoms with E-state index < -0.39 is 11.9 Å². The number of rotatable bonds is 4. The molecule has 11 heteroatoms. The van der Waals surface area contributed by atoms with Crippen molar-refractivity contribution in [3.05, 3.63) is 39.1 Å². The molecule has 30 heavy (non-hydrogen) atoms. The van der Waals surface area contributed by atoms with E-state index in [1.54, 1.807) is 19.1 Å². The molecule has 5 N–H and O–H groups in total. The smallest absolute Gasteiger partial charge is 0.337 e. The zero-order valence-corrected chi connectivity index (χ0v) is 18.7. The molecule has 8 nitrogen and oxygen atoms in total. The largest absolute Gasteiger partial charge is 0.465 e. The van der Waals surface area contributed by atoms with Crippen LogP contribution in [0.1, 0.15) is 33.0 Å². The second-order valence-corrected chi connectivity index (χ2v) is 8.95. The van der Waals surface area contributed by atoms with Crippen molar-refractivity contribution in [2.24, 2.45) is 0 Å². The predicted molar refractivity (Wildman–Crippen MR) is 118 cm³/mol. The summed E-state index contributed by atoms with van der Waals surface area (Å²) in [7, 11) is 1.35. The van der Waals surface area contributed by atoms with Crippen LogP contribution in [0.2, 0.25) is 10.0 Å². The summed E-state index contributed by atoms with van der Waals surface area (Å²) in [5, 5.41) is 3.64.